The van der Waals surface area contributed by atoms with Crippen molar-refractivity contribution in [1.29, 1.82) is 0 Å². The minimum absolute atomic E-state index is 0.0315. The van der Waals surface area contributed by atoms with Crippen molar-refractivity contribution in [3.8, 4) is 0 Å². The molecule has 0 aromatic heterocycles. The summed E-state index contributed by atoms with van der Waals surface area (Å²) < 4.78 is 0. The second-order valence-corrected chi connectivity index (χ2v) is 7.46. The fourth-order valence-electron chi connectivity index (χ4n) is 4.00. The van der Waals surface area contributed by atoms with Crippen LogP contribution in [0, 0.1) is 0 Å². The number of nitrogen functional groups attached to an aromatic ring is 1. The minimum atomic E-state index is -1.25. The predicted octanol–water partition coefficient (Wildman–Crippen LogP) is 4.68. The maximum atomic E-state index is 13.5. The second kappa shape index (κ2) is 8.07. The molecule has 0 fully saturated rings. The Morgan fingerprint density at radius 1 is 0.935 bits per heavy atom. The molecule has 0 unspecified atom stereocenters. The molecule has 3 aromatic carbocycles. The molecule has 0 spiro atoms. The molecule has 156 valence electrons. The first kappa shape index (κ1) is 20.3. The Kier molecular flexibility index (Phi) is 5.29. The third-order valence-electron chi connectivity index (χ3n) is 5.54. The van der Waals surface area contributed by atoms with E-state index in [4.69, 9.17) is 5.73 Å². The van der Waals surface area contributed by atoms with Gasteiger partial charge < -0.3 is 15.7 Å². The van der Waals surface area contributed by atoms with Crippen LogP contribution in [0.3, 0.4) is 0 Å². The first-order chi connectivity index (χ1) is 15.0. The molecular weight excluding hydrogens is 392 g/mol. The number of aromatic carboxylic acids is 1. The van der Waals surface area contributed by atoms with Crippen LogP contribution in [-0.2, 0) is 0 Å². The van der Waals surface area contributed by atoms with E-state index in [2.05, 4.69) is 6.92 Å². The number of unbranched alkanes of at least 4 members (excludes halogenated alkanes) is 1. The highest BCUT2D eigenvalue weighted by molar-refractivity contribution is 6.32. The van der Waals surface area contributed by atoms with Gasteiger partial charge >= 0.3 is 5.97 Å². The van der Waals surface area contributed by atoms with Gasteiger partial charge in [0.05, 0.1) is 28.1 Å². The van der Waals surface area contributed by atoms with Crippen LogP contribution >= 0.6 is 0 Å². The summed E-state index contributed by atoms with van der Waals surface area (Å²) in [5.41, 5.74) is 7.63. The van der Waals surface area contributed by atoms with Crippen molar-refractivity contribution in [3.63, 3.8) is 0 Å². The van der Waals surface area contributed by atoms with Crippen molar-refractivity contribution < 1.29 is 19.5 Å². The highest BCUT2D eigenvalue weighted by atomic mass is 16.4. The lowest BCUT2D eigenvalue weighted by Crippen LogP contribution is -2.29. The summed E-state index contributed by atoms with van der Waals surface area (Å²) in [6.07, 6.45) is 1.72. The Hall–Kier alpha value is -3.93. The average Bonchev–Trinajstić information content (AvgIpc) is 2.78. The summed E-state index contributed by atoms with van der Waals surface area (Å²) in [6.45, 7) is 2.61. The molecule has 0 aliphatic heterocycles. The first-order valence-corrected chi connectivity index (χ1v) is 10.2. The molecule has 0 saturated carbocycles. The van der Waals surface area contributed by atoms with Crippen LogP contribution in [0.5, 0.6) is 0 Å². The van der Waals surface area contributed by atoms with Crippen molar-refractivity contribution >= 4 is 34.6 Å². The van der Waals surface area contributed by atoms with E-state index in [-0.39, 0.29) is 33.7 Å². The van der Waals surface area contributed by atoms with E-state index in [0.29, 0.717) is 17.8 Å². The van der Waals surface area contributed by atoms with Gasteiger partial charge in [0.25, 0.3) is 0 Å². The lowest BCUT2D eigenvalue weighted by atomic mass is 9.81. The Bertz CT molecular complexity index is 1200. The van der Waals surface area contributed by atoms with Crippen LogP contribution in [-0.4, -0.2) is 29.2 Å². The topological polar surface area (TPSA) is 101 Å². The maximum absolute atomic E-state index is 13.5. The van der Waals surface area contributed by atoms with E-state index >= 15 is 0 Å². The zero-order valence-electron chi connectivity index (χ0n) is 17.1. The first-order valence-electron chi connectivity index (χ1n) is 10.2. The maximum Gasteiger partial charge on any atom is 0.337 e. The SMILES string of the molecule is CCCCN(c1ccccc1)c1cc(C(=O)O)c(N)c2c1C(=O)c1ccccc1C2=O. The molecule has 0 heterocycles. The number of nitrogens with two attached hydrogens (primary N) is 1. The number of fused-ring (bicyclic) bond motifs is 2. The van der Waals surface area contributed by atoms with Crippen LogP contribution in [0.25, 0.3) is 0 Å². The number of carbonyl (C=O) groups is 3. The average molecular weight is 414 g/mol. The minimum Gasteiger partial charge on any atom is -0.478 e. The Morgan fingerprint density at radius 2 is 1.52 bits per heavy atom. The molecule has 1 aliphatic carbocycles. The molecule has 0 amide bonds. The number of nitrogens with zero attached hydrogens (tertiary/aromatic N) is 1. The van der Waals surface area contributed by atoms with Gasteiger partial charge in [0.15, 0.2) is 11.6 Å². The number of ketones is 2. The molecule has 6 nitrogen and oxygen atoms in total. The van der Waals surface area contributed by atoms with Gasteiger partial charge in [-0.15, -0.1) is 0 Å². The summed E-state index contributed by atoms with van der Waals surface area (Å²) in [5.74, 6) is -2.01. The molecule has 0 radical (unpaired) electrons. The van der Waals surface area contributed by atoms with Crippen LogP contribution in [0.2, 0.25) is 0 Å². The molecule has 3 aromatic rings. The van der Waals surface area contributed by atoms with Crippen molar-refractivity contribution in [2.75, 3.05) is 17.2 Å². The summed E-state index contributed by atoms with van der Waals surface area (Å²) in [7, 11) is 0. The lowest BCUT2D eigenvalue weighted by molar-refractivity contribution is 0.0697. The highest BCUT2D eigenvalue weighted by Crippen LogP contribution is 2.41. The Labute approximate surface area is 179 Å². The van der Waals surface area contributed by atoms with E-state index in [0.717, 1.165) is 18.5 Å². The van der Waals surface area contributed by atoms with Crippen molar-refractivity contribution in [1.82, 2.24) is 0 Å². The van der Waals surface area contributed by atoms with Crippen LogP contribution in [0.1, 0.15) is 62.0 Å². The van der Waals surface area contributed by atoms with Gasteiger partial charge in [0.1, 0.15) is 0 Å². The molecule has 0 atom stereocenters. The fraction of sp³-hybridized carbons (Fsp3) is 0.160. The Balaban J connectivity index is 2.05. The summed E-state index contributed by atoms with van der Waals surface area (Å²) in [6, 6.07) is 17.4. The van der Waals surface area contributed by atoms with Gasteiger partial charge in [-0.3, -0.25) is 9.59 Å². The molecule has 1 aliphatic rings. The number of rotatable bonds is 6. The fourth-order valence-corrected chi connectivity index (χ4v) is 4.00. The van der Waals surface area contributed by atoms with Gasteiger partial charge in [-0.2, -0.15) is 0 Å². The summed E-state index contributed by atoms with van der Waals surface area (Å²) >= 11 is 0. The van der Waals surface area contributed by atoms with Gasteiger partial charge in [-0.1, -0.05) is 55.8 Å². The standard InChI is InChI=1S/C25H22N2O4/c1-2-3-13-27(15-9-5-4-6-10-15)19-14-18(25(30)31)22(26)21-20(19)23(28)16-11-7-8-12-17(16)24(21)29/h4-12,14H,2-3,13,26H2,1H3,(H,30,31). The van der Waals surface area contributed by atoms with Crippen molar-refractivity contribution in [2.45, 2.75) is 19.8 Å². The zero-order valence-corrected chi connectivity index (χ0v) is 17.1. The quantitative estimate of drug-likeness (QED) is 0.444. The van der Waals surface area contributed by atoms with Gasteiger partial charge in [0, 0.05) is 23.4 Å². The molecule has 3 N–H and O–H groups in total. The predicted molar refractivity (Wildman–Crippen MR) is 119 cm³/mol. The highest BCUT2D eigenvalue weighted by Gasteiger charge is 2.36. The van der Waals surface area contributed by atoms with Gasteiger partial charge in [-0.25, -0.2) is 4.79 Å². The summed E-state index contributed by atoms with van der Waals surface area (Å²) in [4.78, 5) is 40.7. The third kappa shape index (κ3) is 3.36. The monoisotopic (exact) mass is 414 g/mol. The van der Waals surface area contributed by atoms with Gasteiger partial charge in [0.2, 0.25) is 0 Å². The number of para-hydroxylation sites is 1. The van der Waals surface area contributed by atoms with E-state index in [9.17, 15) is 19.5 Å². The normalized spacial score (nSPS) is 12.3. The number of hydrogen-bond acceptors (Lipinski definition) is 5. The van der Waals surface area contributed by atoms with Crippen molar-refractivity contribution in [2.24, 2.45) is 0 Å². The number of anilines is 3. The smallest absolute Gasteiger partial charge is 0.337 e. The Morgan fingerprint density at radius 3 is 2.10 bits per heavy atom. The second-order valence-electron chi connectivity index (χ2n) is 7.46. The van der Waals surface area contributed by atoms with Crippen LogP contribution in [0.15, 0.2) is 60.7 Å². The largest absolute Gasteiger partial charge is 0.478 e. The zero-order chi connectivity index (χ0) is 22.1. The number of carboxylic acid groups (broad SMARTS) is 1. The number of carbonyl (C=O) groups excluding carboxylic acids is 2. The number of hydrogen-bond donors (Lipinski definition) is 2. The molecule has 31 heavy (non-hydrogen) atoms. The van der Waals surface area contributed by atoms with E-state index < -0.39 is 11.8 Å². The molecular formula is C25H22N2O4. The third-order valence-corrected chi connectivity index (χ3v) is 5.54. The van der Waals surface area contributed by atoms with Gasteiger partial charge in [-0.05, 0) is 24.6 Å². The van der Waals surface area contributed by atoms with Crippen LogP contribution < -0.4 is 10.6 Å². The number of benzene rings is 3. The van der Waals surface area contributed by atoms with Crippen LogP contribution in [0.4, 0.5) is 17.1 Å². The van der Waals surface area contributed by atoms with Crippen molar-refractivity contribution in [3.05, 3.63) is 88.5 Å². The molecule has 6 heteroatoms. The lowest BCUT2D eigenvalue weighted by Gasteiger charge is -2.31. The van der Waals surface area contributed by atoms with E-state index in [1.54, 1.807) is 24.3 Å². The summed E-state index contributed by atoms with van der Waals surface area (Å²) in [5, 5.41) is 9.77. The molecule has 4 rings (SSSR count). The van der Waals surface area contributed by atoms with E-state index in [1.807, 2.05) is 35.2 Å². The molecule has 0 saturated heterocycles. The number of carboxylic acids is 1. The molecule has 0 bridgehead atoms. The van der Waals surface area contributed by atoms with E-state index in [1.165, 1.54) is 6.07 Å².